The van der Waals surface area contributed by atoms with E-state index in [0.717, 1.165) is 16.8 Å². The molecule has 4 nitrogen and oxygen atoms in total. The number of carboxylic acid groups (broad SMARTS) is 1. The Morgan fingerprint density at radius 1 is 1.32 bits per heavy atom. The van der Waals surface area contributed by atoms with E-state index in [1.165, 1.54) is 0 Å². The van der Waals surface area contributed by atoms with Gasteiger partial charge >= 0.3 is 5.97 Å². The van der Waals surface area contributed by atoms with Gasteiger partial charge in [0, 0.05) is 5.69 Å². The minimum atomic E-state index is -1.20. The van der Waals surface area contributed by atoms with Crippen molar-refractivity contribution in [2.24, 2.45) is 5.41 Å². The van der Waals surface area contributed by atoms with Gasteiger partial charge in [0.05, 0.1) is 0 Å². The third-order valence-corrected chi connectivity index (χ3v) is 3.76. The molecule has 19 heavy (non-hydrogen) atoms. The van der Waals surface area contributed by atoms with E-state index in [-0.39, 0.29) is 5.92 Å². The maximum atomic E-state index is 12.2. The number of anilines is 1. The van der Waals surface area contributed by atoms with Gasteiger partial charge < -0.3 is 10.4 Å². The average molecular weight is 261 g/mol. The van der Waals surface area contributed by atoms with Crippen molar-refractivity contribution < 1.29 is 14.7 Å². The molecule has 1 aromatic carbocycles. The number of carbonyl (C=O) groups excluding carboxylic acids is 1. The van der Waals surface area contributed by atoms with E-state index in [1.807, 2.05) is 25.1 Å². The van der Waals surface area contributed by atoms with E-state index >= 15 is 0 Å². The Morgan fingerprint density at radius 3 is 2.42 bits per heavy atom. The fourth-order valence-corrected chi connectivity index (χ4v) is 2.24. The second-order valence-corrected chi connectivity index (χ2v) is 5.54. The maximum Gasteiger partial charge on any atom is 0.319 e. The minimum absolute atomic E-state index is 0.273. The Bertz CT molecular complexity index is 530. The Morgan fingerprint density at radius 2 is 1.95 bits per heavy atom. The van der Waals surface area contributed by atoms with Crippen molar-refractivity contribution >= 4 is 17.6 Å². The lowest BCUT2D eigenvalue weighted by molar-refractivity contribution is -0.147. The number of nitrogens with one attached hydrogen (secondary N) is 1. The third kappa shape index (κ3) is 2.35. The highest BCUT2D eigenvalue weighted by Gasteiger charge is 2.57. The van der Waals surface area contributed by atoms with E-state index < -0.39 is 17.3 Å². The second-order valence-electron chi connectivity index (χ2n) is 5.54. The molecule has 1 aromatic rings. The first-order chi connectivity index (χ1) is 8.88. The quantitative estimate of drug-likeness (QED) is 0.819. The van der Waals surface area contributed by atoms with Gasteiger partial charge in [-0.25, -0.2) is 0 Å². The molecule has 1 fully saturated rings. The van der Waals surface area contributed by atoms with Gasteiger partial charge in [-0.3, -0.25) is 9.59 Å². The number of benzene rings is 1. The smallest absolute Gasteiger partial charge is 0.319 e. The highest BCUT2D eigenvalue weighted by Crippen LogP contribution is 2.47. The zero-order valence-corrected chi connectivity index (χ0v) is 11.5. The van der Waals surface area contributed by atoms with Crippen LogP contribution < -0.4 is 5.32 Å². The summed E-state index contributed by atoms with van der Waals surface area (Å²) < 4.78 is 0. The lowest BCUT2D eigenvalue weighted by atomic mass is 9.97. The molecule has 0 heterocycles. The molecule has 1 aliphatic rings. The molecule has 0 radical (unpaired) electrons. The van der Waals surface area contributed by atoms with Crippen molar-refractivity contribution in [1.29, 1.82) is 0 Å². The van der Waals surface area contributed by atoms with Gasteiger partial charge in [-0.2, -0.15) is 0 Å². The molecule has 0 aliphatic heterocycles. The summed E-state index contributed by atoms with van der Waals surface area (Å²) in [5.74, 6) is -1.14. The van der Waals surface area contributed by atoms with Gasteiger partial charge in [0.25, 0.3) is 0 Å². The van der Waals surface area contributed by atoms with Crippen LogP contribution in [-0.4, -0.2) is 17.0 Å². The van der Waals surface area contributed by atoms with E-state index in [2.05, 4.69) is 19.2 Å². The Kier molecular flexibility index (Phi) is 3.35. The van der Waals surface area contributed by atoms with Gasteiger partial charge in [0.1, 0.15) is 5.41 Å². The fraction of sp³-hybridized carbons (Fsp3) is 0.467. The molecule has 1 amide bonds. The summed E-state index contributed by atoms with van der Waals surface area (Å²) in [6.45, 7) is 6.02. The number of rotatable bonds is 4. The summed E-state index contributed by atoms with van der Waals surface area (Å²) >= 11 is 0. The predicted octanol–water partition coefficient (Wildman–Crippen LogP) is 2.92. The number of hydrogen-bond donors (Lipinski definition) is 2. The first-order valence-electron chi connectivity index (χ1n) is 6.53. The standard InChI is InChI=1S/C15H19NO3/c1-9(2)11-6-4-5-10(3)12(11)16-13(17)15(7-8-15)14(18)19/h4-6,9H,7-8H2,1-3H3,(H,16,17)(H,18,19). The Balaban J connectivity index is 2.29. The van der Waals surface area contributed by atoms with Gasteiger partial charge in [0.15, 0.2) is 0 Å². The van der Waals surface area contributed by atoms with Crippen LogP contribution in [0.3, 0.4) is 0 Å². The Hall–Kier alpha value is -1.84. The Labute approximate surface area is 112 Å². The van der Waals surface area contributed by atoms with E-state index in [0.29, 0.717) is 12.8 Å². The molecular formula is C15H19NO3. The summed E-state index contributed by atoms with van der Waals surface area (Å²) in [7, 11) is 0. The van der Waals surface area contributed by atoms with Gasteiger partial charge in [-0.15, -0.1) is 0 Å². The normalized spacial score (nSPS) is 16.2. The van der Waals surface area contributed by atoms with Crippen LogP contribution in [0.4, 0.5) is 5.69 Å². The van der Waals surface area contributed by atoms with Crippen molar-refractivity contribution in [2.45, 2.75) is 39.5 Å². The molecule has 0 aromatic heterocycles. The first-order valence-corrected chi connectivity index (χ1v) is 6.53. The van der Waals surface area contributed by atoms with Crippen molar-refractivity contribution in [3.63, 3.8) is 0 Å². The number of aliphatic carboxylic acids is 1. The molecule has 2 N–H and O–H groups in total. The average Bonchev–Trinajstić information content (AvgIpc) is 3.12. The topological polar surface area (TPSA) is 66.4 Å². The van der Waals surface area contributed by atoms with Crippen LogP contribution in [-0.2, 0) is 9.59 Å². The van der Waals surface area contributed by atoms with Crippen LogP contribution in [0.2, 0.25) is 0 Å². The van der Waals surface area contributed by atoms with Crippen molar-refractivity contribution in [3.8, 4) is 0 Å². The molecule has 0 bridgehead atoms. The van der Waals surface area contributed by atoms with Crippen molar-refractivity contribution in [3.05, 3.63) is 29.3 Å². The van der Waals surface area contributed by atoms with Crippen molar-refractivity contribution in [1.82, 2.24) is 0 Å². The highest BCUT2D eigenvalue weighted by atomic mass is 16.4. The summed E-state index contributed by atoms with van der Waals surface area (Å²) in [6.07, 6.45) is 0.855. The summed E-state index contributed by atoms with van der Waals surface area (Å²) in [5, 5.41) is 12.0. The first kappa shape index (κ1) is 13.6. The van der Waals surface area contributed by atoms with Crippen LogP contribution in [0, 0.1) is 12.3 Å². The number of aryl methyl sites for hydroxylation is 1. The van der Waals surface area contributed by atoms with Gasteiger partial charge in [-0.05, 0) is 36.8 Å². The summed E-state index contributed by atoms with van der Waals surface area (Å²) in [6, 6.07) is 5.83. The molecule has 1 saturated carbocycles. The summed E-state index contributed by atoms with van der Waals surface area (Å²) in [5.41, 5.74) is 1.56. The number of carboxylic acids is 1. The minimum Gasteiger partial charge on any atom is -0.480 e. The lowest BCUT2D eigenvalue weighted by Gasteiger charge is -2.18. The maximum absolute atomic E-state index is 12.2. The third-order valence-electron chi connectivity index (χ3n) is 3.76. The second kappa shape index (κ2) is 4.68. The number of carbonyl (C=O) groups is 2. The van der Waals surface area contributed by atoms with E-state index in [1.54, 1.807) is 0 Å². The monoisotopic (exact) mass is 261 g/mol. The van der Waals surface area contributed by atoms with Gasteiger partial charge in [0.2, 0.25) is 5.91 Å². The molecule has 0 saturated heterocycles. The van der Waals surface area contributed by atoms with E-state index in [9.17, 15) is 9.59 Å². The number of hydrogen-bond acceptors (Lipinski definition) is 2. The lowest BCUT2D eigenvalue weighted by Crippen LogP contribution is -2.31. The molecule has 0 unspecified atom stereocenters. The van der Waals surface area contributed by atoms with Crippen LogP contribution in [0.15, 0.2) is 18.2 Å². The SMILES string of the molecule is Cc1cccc(C(C)C)c1NC(=O)C1(C(=O)O)CC1. The largest absolute Gasteiger partial charge is 0.480 e. The van der Waals surface area contributed by atoms with Crippen LogP contribution in [0.25, 0.3) is 0 Å². The molecule has 1 aliphatic carbocycles. The zero-order valence-electron chi connectivity index (χ0n) is 11.5. The molecule has 0 atom stereocenters. The molecule has 0 spiro atoms. The van der Waals surface area contributed by atoms with E-state index in [4.69, 9.17) is 5.11 Å². The molecule has 102 valence electrons. The van der Waals surface area contributed by atoms with Crippen molar-refractivity contribution in [2.75, 3.05) is 5.32 Å². The highest BCUT2D eigenvalue weighted by molar-refractivity contribution is 6.11. The molecular weight excluding hydrogens is 242 g/mol. The van der Waals surface area contributed by atoms with Crippen LogP contribution >= 0.6 is 0 Å². The van der Waals surface area contributed by atoms with Gasteiger partial charge in [-0.1, -0.05) is 32.0 Å². The predicted molar refractivity (Wildman–Crippen MR) is 73.2 cm³/mol. The van der Waals surface area contributed by atoms with Crippen LogP contribution in [0.1, 0.15) is 43.7 Å². The zero-order chi connectivity index (χ0) is 14.2. The molecule has 2 rings (SSSR count). The van der Waals surface area contributed by atoms with Crippen LogP contribution in [0.5, 0.6) is 0 Å². The fourth-order valence-electron chi connectivity index (χ4n) is 2.24. The molecule has 4 heteroatoms. The number of amides is 1. The number of para-hydroxylation sites is 1. The summed E-state index contributed by atoms with van der Waals surface area (Å²) in [4.78, 5) is 23.3.